The van der Waals surface area contributed by atoms with Gasteiger partial charge in [-0.25, -0.2) is 9.97 Å². The largest absolute Gasteiger partial charge is 0.356 e. The Bertz CT molecular complexity index is 1150. The lowest BCUT2D eigenvalue weighted by Gasteiger charge is -2.34. The molecule has 0 aliphatic carbocycles. The van der Waals surface area contributed by atoms with Crippen molar-refractivity contribution in [3.8, 4) is 11.4 Å². The molecule has 0 radical (unpaired) electrons. The molecule has 1 amide bonds. The Balaban J connectivity index is 1.52. The molecular formula is C25H24Cl2N4O. The van der Waals surface area contributed by atoms with E-state index in [2.05, 4.69) is 4.90 Å². The monoisotopic (exact) mass is 466 g/mol. The predicted octanol–water partition coefficient (Wildman–Crippen LogP) is 5.64. The number of carbonyl (C=O) groups excluding carboxylic acids is 1. The van der Waals surface area contributed by atoms with Gasteiger partial charge in [-0.15, -0.1) is 0 Å². The van der Waals surface area contributed by atoms with Crippen LogP contribution in [0.15, 0.2) is 48.5 Å². The van der Waals surface area contributed by atoms with Crippen LogP contribution in [0.4, 0.5) is 5.82 Å². The summed E-state index contributed by atoms with van der Waals surface area (Å²) < 4.78 is 0. The molecule has 7 heteroatoms. The van der Waals surface area contributed by atoms with Crippen molar-refractivity contribution in [1.29, 1.82) is 0 Å². The lowest BCUT2D eigenvalue weighted by molar-refractivity contribution is 0.0734. The van der Waals surface area contributed by atoms with Crippen molar-refractivity contribution in [2.75, 3.05) is 24.5 Å². The number of benzene rings is 2. The first-order valence-electron chi connectivity index (χ1n) is 11.0. The molecule has 0 N–H and O–H groups in total. The fourth-order valence-electron chi connectivity index (χ4n) is 4.49. The second-order valence-electron chi connectivity index (χ2n) is 8.31. The summed E-state index contributed by atoms with van der Waals surface area (Å²) in [6, 6.07) is 15.1. The molecule has 0 spiro atoms. The van der Waals surface area contributed by atoms with Crippen LogP contribution in [-0.4, -0.2) is 40.4 Å². The summed E-state index contributed by atoms with van der Waals surface area (Å²) in [4.78, 5) is 27.4. The van der Waals surface area contributed by atoms with Gasteiger partial charge in [0.2, 0.25) is 0 Å². The Morgan fingerprint density at radius 1 is 0.906 bits per heavy atom. The Morgan fingerprint density at radius 3 is 2.44 bits per heavy atom. The summed E-state index contributed by atoms with van der Waals surface area (Å²) in [5, 5.41) is 0.894. The summed E-state index contributed by atoms with van der Waals surface area (Å²) in [7, 11) is 0. The zero-order valence-electron chi connectivity index (χ0n) is 17.7. The number of hydrogen-bond acceptors (Lipinski definition) is 4. The van der Waals surface area contributed by atoms with Gasteiger partial charge in [-0.3, -0.25) is 4.79 Å². The van der Waals surface area contributed by atoms with Gasteiger partial charge in [-0.2, -0.15) is 0 Å². The quantitative estimate of drug-likeness (QED) is 0.500. The number of nitrogens with zero attached hydrogens (tertiary/aromatic N) is 4. The molecule has 3 aromatic rings. The van der Waals surface area contributed by atoms with Gasteiger partial charge in [0.1, 0.15) is 5.82 Å². The zero-order valence-corrected chi connectivity index (χ0v) is 19.2. The minimum atomic E-state index is -0.0888. The molecule has 0 unspecified atom stereocenters. The van der Waals surface area contributed by atoms with E-state index in [9.17, 15) is 4.79 Å². The normalized spacial score (nSPS) is 16.1. The van der Waals surface area contributed by atoms with E-state index in [4.69, 9.17) is 33.2 Å². The van der Waals surface area contributed by atoms with Crippen LogP contribution >= 0.6 is 23.2 Å². The molecule has 1 aromatic heterocycles. The van der Waals surface area contributed by atoms with E-state index < -0.39 is 0 Å². The van der Waals surface area contributed by atoms with Crippen LogP contribution in [0.2, 0.25) is 10.0 Å². The molecule has 0 atom stereocenters. The summed E-state index contributed by atoms with van der Waals surface area (Å²) >= 11 is 12.3. The van der Waals surface area contributed by atoms with Crippen LogP contribution in [-0.2, 0) is 13.0 Å². The highest BCUT2D eigenvalue weighted by atomic mass is 35.5. The number of aromatic nitrogens is 2. The van der Waals surface area contributed by atoms with Gasteiger partial charge in [-0.05, 0) is 37.5 Å². The lowest BCUT2D eigenvalue weighted by Crippen LogP contribution is -2.39. The average molecular weight is 467 g/mol. The highest BCUT2D eigenvalue weighted by Gasteiger charge is 2.29. The fraction of sp³-hybridized carbons (Fsp3) is 0.320. The van der Waals surface area contributed by atoms with Crippen molar-refractivity contribution in [3.05, 3.63) is 75.4 Å². The number of amides is 1. The van der Waals surface area contributed by atoms with Gasteiger partial charge < -0.3 is 9.80 Å². The van der Waals surface area contributed by atoms with E-state index in [0.29, 0.717) is 35.1 Å². The Morgan fingerprint density at radius 2 is 1.69 bits per heavy atom. The summed E-state index contributed by atoms with van der Waals surface area (Å²) in [6.07, 6.45) is 4.25. The summed E-state index contributed by atoms with van der Waals surface area (Å²) in [5.41, 5.74) is 3.57. The molecule has 5 nitrogen and oxygen atoms in total. The Kier molecular flexibility index (Phi) is 6.03. The van der Waals surface area contributed by atoms with Crippen molar-refractivity contribution in [2.45, 2.75) is 32.2 Å². The van der Waals surface area contributed by atoms with Crippen LogP contribution in [0.3, 0.4) is 0 Å². The van der Waals surface area contributed by atoms with E-state index in [1.54, 1.807) is 18.2 Å². The highest BCUT2D eigenvalue weighted by Crippen LogP contribution is 2.32. The van der Waals surface area contributed by atoms with Gasteiger partial charge in [0.25, 0.3) is 5.91 Å². The molecule has 5 rings (SSSR count). The zero-order chi connectivity index (χ0) is 22.1. The molecule has 32 heavy (non-hydrogen) atoms. The molecule has 1 fully saturated rings. The first-order chi connectivity index (χ1) is 15.6. The van der Waals surface area contributed by atoms with Crippen molar-refractivity contribution >= 4 is 34.9 Å². The van der Waals surface area contributed by atoms with Gasteiger partial charge >= 0.3 is 0 Å². The van der Waals surface area contributed by atoms with Crippen molar-refractivity contribution in [1.82, 2.24) is 14.9 Å². The predicted molar refractivity (Wildman–Crippen MR) is 128 cm³/mol. The third-order valence-electron chi connectivity index (χ3n) is 6.17. The van der Waals surface area contributed by atoms with Crippen molar-refractivity contribution < 1.29 is 4.79 Å². The second kappa shape index (κ2) is 9.08. The van der Waals surface area contributed by atoms with Crippen LogP contribution < -0.4 is 4.90 Å². The summed E-state index contributed by atoms with van der Waals surface area (Å²) in [6.45, 7) is 3.03. The van der Waals surface area contributed by atoms with Crippen molar-refractivity contribution in [2.24, 2.45) is 0 Å². The van der Waals surface area contributed by atoms with Gasteiger partial charge in [0, 0.05) is 42.2 Å². The third-order valence-corrected chi connectivity index (χ3v) is 6.72. The second-order valence-corrected chi connectivity index (χ2v) is 9.15. The highest BCUT2D eigenvalue weighted by molar-refractivity contribution is 6.36. The van der Waals surface area contributed by atoms with Crippen LogP contribution in [0.1, 0.15) is 40.9 Å². The van der Waals surface area contributed by atoms with Gasteiger partial charge in [-0.1, -0.05) is 53.5 Å². The minimum absolute atomic E-state index is 0.0888. The van der Waals surface area contributed by atoms with E-state index >= 15 is 0 Å². The number of fused-ring (bicyclic) bond motifs is 1. The Hall–Kier alpha value is -2.63. The number of halogens is 2. The van der Waals surface area contributed by atoms with Crippen LogP contribution in [0.25, 0.3) is 11.4 Å². The molecule has 0 bridgehead atoms. The number of carbonyl (C=O) groups is 1. The van der Waals surface area contributed by atoms with Gasteiger partial charge in [0.15, 0.2) is 5.82 Å². The lowest BCUT2D eigenvalue weighted by atomic mass is 10.0. The Labute approximate surface area is 198 Å². The molecule has 2 aliphatic heterocycles. The van der Waals surface area contributed by atoms with E-state index in [1.807, 2.05) is 35.2 Å². The van der Waals surface area contributed by atoms with E-state index in [0.717, 1.165) is 54.4 Å². The van der Waals surface area contributed by atoms with E-state index in [1.165, 1.54) is 6.42 Å². The standard InChI is InChI=1S/C25H24Cl2N4O/c26-18-9-10-19(21(27)15-18)25(32)31-14-11-22-20(16-31)24(30-12-5-2-6-13-30)29-23(28-22)17-7-3-1-4-8-17/h1,3-4,7-10,15H,2,5-6,11-14,16H2. The number of anilines is 1. The maximum absolute atomic E-state index is 13.3. The molecule has 0 saturated carbocycles. The topological polar surface area (TPSA) is 49.3 Å². The van der Waals surface area contributed by atoms with E-state index in [-0.39, 0.29) is 5.91 Å². The number of rotatable bonds is 3. The molecule has 3 heterocycles. The fourth-order valence-corrected chi connectivity index (χ4v) is 4.98. The van der Waals surface area contributed by atoms with Crippen LogP contribution in [0.5, 0.6) is 0 Å². The average Bonchev–Trinajstić information content (AvgIpc) is 2.84. The van der Waals surface area contributed by atoms with Crippen molar-refractivity contribution in [3.63, 3.8) is 0 Å². The van der Waals surface area contributed by atoms with Gasteiger partial charge in [0.05, 0.1) is 22.8 Å². The molecule has 164 valence electrons. The van der Waals surface area contributed by atoms with Crippen LogP contribution in [0, 0.1) is 0 Å². The maximum Gasteiger partial charge on any atom is 0.255 e. The maximum atomic E-state index is 13.3. The molecule has 1 saturated heterocycles. The summed E-state index contributed by atoms with van der Waals surface area (Å²) in [5.74, 6) is 1.63. The minimum Gasteiger partial charge on any atom is -0.356 e. The molecule has 2 aromatic carbocycles. The number of hydrogen-bond donors (Lipinski definition) is 0. The first-order valence-corrected chi connectivity index (χ1v) is 11.8. The molecular weight excluding hydrogens is 443 g/mol. The molecule has 2 aliphatic rings. The first kappa shape index (κ1) is 21.2. The smallest absolute Gasteiger partial charge is 0.255 e. The third kappa shape index (κ3) is 4.19. The number of piperidine rings is 1. The SMILES string of the molecule is O=C(c1ccc(Cl)cc1Cl)N1CCc2nc(-c3ccccc3)nc(N3CCCCC3)c2C1.